The van der Waals surface area contributed by atoms with Crippen molar-refractivity contribution in [3.63, 3.8) is 0 Å². The molecular weight excluding hydrogens is 292 g/mol. The molecule has 0 saturated carbocycles. The van der Waals surface area contributed by atoms with Crippen molar-refractivity contribution in [3.8, 4) is 6.07 Å². The van der Waals surface area contributed by atoms with Gasteiger partial charge in [0.1, 0.15) is 11.8 Å². The zero-order chi connectivity index (χ0) is 16.2. The Morgan fingerprint density at radius 1 is 1.48 bits per heavy atom. The van der Waals surface area contributed by atoms with Gasteiger partial charge in [-0.25, -0.2) is 9.97 Å². The number of anilines is 1. The van der Waals surface area contributed by atoms with Crippen LogP contribution in [0.15, 0.2) is 30.6 Å². The summed E-state index contributed by atoms with van der Waals surface area (Å²) < 4.78 is 0. The van der Waals surface area contributed by atoms with Gasteiger partial charge in [0.15, 0.2) is 0 Å². The lowest BCUT2D eigenvalue weighted by Crippen LogP contribution is -2.32. The van der Waals surface area contributed by atoms with Crippen LogP contribution in [-0.4, -0.2) is 44.9 Å². The fraction of sp³-hybridized carbons (Fsp3) is 0.312. The second-order valence-electron chi connectivity index (χ2n) is 5.45. The van der Waals surface area contributed by atoms with E-state index >= 15 is 0 Å². The van der Waals surface area contributed by atoms with Crippen LogP contribution in [-0.2, 0) is 0 Å². The minimum atomic E-state index is -0.0229. The summed E-state index contributed by atoms with van der Waals surface area (Å²) in [6.45, 7) is 3.07. The van der Waals surface area contributed by atoms with Gasteiger partial charge in [0.25, 0.3) is 5.91 Å². The zero-order valence-corrected chi connectivity index (χ0v) is 12.7. The zero-order valence-electron chi connectivity index (χ0n) is 12.7. The van der Waals surface area contributed by atoms with E-state index in [0.717, 1.165) is 12.1 Å². The standard InChI is InChI=1S/C16H16N6O/c1-11-7-14(8-17)21-16(19-11)20-13-4-6-22(10-13)15(23)12-3-2-5-18-9-12/h2-3,5,7,9,13H,4,6,10H2,1H3,(H,19,20,21). The van der Waals surface area contributed by atoms with Crippen LogP contribution in [0.25, 0.3) is 0 Å². The first-order valence-corrected chi connectivity index (χ1v) is 7.37. The number of hydrogen-bond donors (Lipinski definition) is 1. The predicted octanol–water partition coefficient (Wildman–Crippen LogP) is 1.38. The third kappa shape index (κ3) is 3.43. The number of carbonyl (C=O) groups is 1. The summed E-state index contributed by atoms with van der Waals surface area (Å²) in [5, 5.41) is 12.2. The van der Waals surface area contributed by atoms with Crippen molar-refractivity contribution in [2.24, 2.45) is 0 Å². The van der Waals surface area contributed by atoms with E-state index in [9.17, 15) is 4.79 Å². The molecule has 0 aliphatic carbocycles. The van der Waals surface area contributed by atoms with E-state index in [1.54, 1.807) is 35.5 Å². The molecule has 1 aliphatic heterocycles. The monoisotopic (exact) mass is 308 g/mol. The molecule has 0 radical (unpaired) electrons. The number of nitrogens with zero attached hydrogens (tertiary/aromatic N) is 5. The molecule has 1 N–H and O–H groups in total. The third-order valence-corrected chi connectivity index (χ3v) is 3.69. The van der Waals surface area contributed by atoms with Crippen LogP contribution in [0.4, 0.5) is 5.95 Å². The first-order valence-electron chi connectivity index (χ1n) is 7.37. The van der Waals surface area contributed by atoms with Crippen molar-refractivity contribution in [3.05, 3.63) is 47.5 Å². The Labute approximate surface area is 134 Å². The van der Waals surface area contributed by atoms with Gasteiger partial charge in [-0.2, -0.15) is 5.26 Å². The molecular formula is C16H16N6O. The van der Waals surface area contributed by atoms with Crippen LogP contribution in [0, 0.1) is 18.3 Å². The summed E-state index contributed by atoms with van der Waals surface area (Å²) in [6.07, 6.45) is 4.03. The first-order chi connectivity index (χ1) is 11.2. The highest BCUT2D eigenvalue weighted by Crippen LogP contribution is 2.16. The van der Waals surface area contributed by atoms with Gasteiger partial charge in [-0.05, 0) is 31.5 Å². The number of carbonyl (C=O) groups excluding carboxylic acids is 1. The lowest BCUT2D eigenvalue weighted by atomic mass is 10.2. The van der Waals surface area contributed by atoms with E-state index in [2.05, 4.69) is 20.3 Å². The van der Waals surface area contributed by atoms with Gasteiger partial charge in [0.05, 0.1) is 5.56 Å². The summed E-state index contributed by atoms with van der Waals surface area (Å²) >= 11 is 0. The minimum absolute atomic E-state index is 0.0229. The van der Waals surface area contributed by atoms with E-state index < -0.39 is 0 Å². The van der Waals surface area contributed by atoms with Crippen molar-refractivity contribution in [2.75, 3.05) is 18.4 Å². The molecule has 0 bridgehead atoms. The molecule has 23 heavy (non-hydrogen) atoms. The smallest absolute Gasteiger partial charge is 0.255 e. The highest BCUT2D eigenvalue weighted by atomic mass is 16.2. The van der Waals surface area contributed by atoms with Crippen molar-refractivity contribution < 1.29 is 4.79 Å². The molecule has 1 fully saturated rings. The Bertz CT molecular complexity index is 755. The third-order valence-electron chi connectivity index (χ3n) is 3.69. The van der Waals surface area contributed by atoms with Gasteiger partial charge < -0.3 is 10.2 Å². The second-order valence-corrected chi connectivity index (χ2v) is 5.45. The fourth-order valence-electron chi connectivity index (χ4n) is 2.61. The number of aromatic nitrogens is 3. The van der Waals surface area contributed by atoms with Gasteiger partial charge in [-0.3, -0.25) is 9.78 Å². The molecule has 2 aromatic rings. The van der Waals surface area contributed by atoms with Crippen LogP contribution in [0.3, 0.4) is 0 Å². The van der Waals surface area contributed by atoms with Crippen LogP contribution in [0.2, 0.25) is 0 Å². The summed E-state index contributed by atoms with van der Waals surface area (Å²) in [4.78, 5) is 26.6. The highest BCUT2D eigenvalue weighted by molar-refractivity contribution is 5.94. The maximum absolute atomic E-state index is 12.4. The van der Waals surface area contributed by atoms with Gasteiger partial charge in [0.2, 0.25) is 5.95 Å². The van der Waals surface area contributed by atoms with Crippen LogP contribution < -0.4 is 5.32 Å². The van der Waals surface area contributed by atoms with E-state index in [4.69, 9.17) is 5.26 Å². The van der Waals surface area contributed by atoms with Crippen molar-refractivity contribution in [1.29, 1.82) is 5.26 Å². The van der Waals surface area contributed by atoms with E-state index in [1.165, 1.54) is 0 Å². The summed E-state index contributed by atoms with van der Waals surface area (Å²) in [7, 11) is 0. The Morgan fingerprint density at radius 3 is 3.09 bits per heavy atom. The molecule has 116 valence electrons. The first kappa shape index (κ1) is 14.9. The van der Waals surface area contributed by atoms with Crippen LogP contribution in [0.1, 0.15) is 28.2 Å². The summed E-state index contributed by atoms with van der Waals surface area (Å²) in [6, 6.07) is 7.24. The number of nitriles is 1. The molecule has 1 unspecified atom stereocenters. The highest BCUT2D eigenvalue weighted by Gasteiger charge is 2.27. The summed E-state index contributed by atoms with van der Waals surface area (Å²) in [5.41, 5.74) is 1.66. The number of amides is 1. The van der Waals surface area contributed by atoms with Gasteiger partial charge >= 0.3 is 0 Å². The van der Waals surface area contributed by atoms with Crippen LogP contribution >= 0.6 is 0 Å². The number of aryl methyl sites for hydroxylation is 1. The Kier molecular flexibility index (Phi) is 4.15. The lowest BCUT2D eigenvalue weighted by molar-refractivity contribution is 0.0791. The fourth-order valence-corrected chi connectivity index (χ4v) is 2.61. The average molecular weight is 308 g/mol. The normalized spacial score (nSPS) is 16.9. The van der Waals surface area contributed by atoms with E-state index in [0.29, 0.717) is 30.3 Å². The molecule has 1 aliphatic rings. The van der Waals surface area contributed by atoms with Gasteiger partial charge in [-0.1, -0.05) is 0 Å². The van der Waals surface area contributed by atoms with Gasteiger partial charge in [0, 0.05) is 37.2 Å². The Morgan fingerprint density at radius 2 is 2.35 bits per heavy atom. The Balaban J connectivity index is 1.65. The van der Waals surface area contributed by atoms with Crippen molar-refractivity contribution >= 4 is 11.9 Å². The average Bonchev–Trinajstić information content (AvgIpc) is 3.02. The van der Waals surface area contributed by atoms with Gasteiger partial charge in [-0.15, -0.1) is 0 Å². The molecule has 1 amide bonds. The molecule has 2 aromatic heterocycles. The number of nitrogens with one attached hydrogen (secondary N) is 1. The quantitative estimate of drug-likeness (QED) is 0.920. The maximum atomic E-state index is 12.4. The number of pyridine rings is 1. The predicted molar refractivity (Wildman–Crippen MR) is 83.7 cm³/mol. The minimum Gasteiger partial charge on any atom is -0.350 e. The Hall–Kier alpha value is -3.01. The molecule has 7 heteroatoms. The molecule has 0 spiro atoms. The SMILES string of the molecule is Cc1cc(C#N)nc(NC2CCN(C(=O)c3cccnc3)C2)n1. The second kappa shape index (κ2) is 6.40. The number of hydrogen-bond acceptors (Lipinski definition) is 6. The number of rotatable bonds is 3. The van der Waals surface area contributed by atoms with Crippen molar-refractivity contribution in [2.45, 2.75) is 19.4 Å². The van der Waals surface area contributed by atoms with Crippen molar-refractivity contribution in [1.82, 2.24) is 19.9 Å². The summed E-state index contributed by atoms with van der Waals surface area (Å²) in [5.74, 6) is 0.410. The van der Waals surface area contributed by atoms with Crippen LogP contribution in [0.5, 0.6) is 0 Å². The lowest BCUT2D eigenvalue weighted by Gasteiger charge is -2.17. The topological polar surface area (TPSA) is 94.8 Å². The number of likely N-dealkylation sites (tertiary alicyclic amines) is 1. The molecule has 1 atom stereocenters. The molecule has 1 saturated heterocycles. The maximum Gasteiger partial charge on any atom is 0.255 e. The van der Waals surface area contributed by atoms with E-state index in [1.807, 2.05) is 13.0 Å². The largest absolute Gasteiger partial charge is 0.350 e. The molecule has 3 heterocycles. The molecule has 0 aromatic carbocycles. The molecule has 7 nitrogen and oxygen atoms in total. The van der Waals surface area contributed by atoms with E-state index in [-0.39, 0.29) is 11.9 Å². The molecule has 3 rings (SSSR count).